The lowest BCUT2D eigenvalue weighted by molar-refractivity contribution is -2.00. The second-order valence-electron chi connectivity index (χ2n) is 2.28. The summed E-state index contributed by atoms with van der Waals surface area (Å²) in [5, 5.41) is 0. The highest BCUT2D eigenvalue weighted by molar-refractivity contribution is 6.16. The van der Waals surface area contributed by atoms with Crippen LogP contribution in [0.15, 0.2) is 0 Å². The Morgan fingerprint density at radius 3 is 1.36 bits per heavy atom. The Kier molecular flexibility index (Phi) is 6.40. The molecule has 0 heterocycles. The van der Waals surface area contributed by atoms with Crippen LogP contribution in [0.1, 0.15) is 0 Å². The number of hydrogen-bond acceptors (Lipinski definition) is 5. The van der Waals surface area contributed by atoms with E-state index in [-0.39, 0.29) is 0 Å². The molecule has 6 nitrogen and oxygen atoms in total. The molecule has 11 heavy (non-hydrogen) atoms. The van der Waals surface area contributed by atoms with E-state index >= 15 is 0 Å². The Morgan fingerprint density at radius 1 is 1.27 bits per heavy atom. The average molecular weight is 209 g/mol. The van der Waals surface area contributed by atoms with E-state index in [1.165, 1.54) is 0 Å². The molecule has 0 aliphatic rings. The third kappa shape index (κ3) is 64.5. The second kappa shape index (κ2) is 5.07. The van der Waals surface area contributed by atoms with Gasteiger partial charge in [0.2, 0.25) is 0 Å². The van der Waals surface area contributed by atoms with Crippen molar-refractivity contribution in [3.8, 4) is 0 Å². The van der Waals surface area contributed by atoms with Crippen molar-refractivity contribution < 1.29 is 33.5 Å². The van der Waals surface area contributed by atoms with Gasteiger partial charge in [-0.15, -0.1) is 10.2 Å². The minimum Gasteiger partial charge on any atom is -0.241 e. The van der Waals surface area contributed by atoms with Gasteiger partial charge in [0.25, 0.3) is 0 Å². The summed E-state index contributed by atoms with van der Waals surface area (Å²) in [4.78, 5) is 0. The van der Waals surface area contributed by atoms with E-state index < -0.39 is 10.2 Å². The van der Waals surface area contributed by atoms with Gasteiger partial charge in [-0.3, -0.25) is 0 Å². The maximum atomic E-state index is 8.49. The first-order valence-electron chi connectivity index (χ1n) is 2.35. The molecule has 0 aliphatic carbocycles. The lowest BCUT2D eigenvalue weighted by atomic mass is 10.9. The van der Waals surface area contributed by atoms with Crippen LogP contribution in [0.3, 0.4) is 0 Å². The number of halogens is 2. The minimum atomic E-state index is -4.94. The topological polar surface area (TPSA) is 118 Å². The molecule has 0 aromatic carbocycles. The van der Waals surface area contributed by atoms with Crippen molar-refractivity contribution in [3.63, 3.8) is 0 Å². The first kappa shape index (κ1) is 13.9. The van der Waals surface area contributed by atoms with Gasteiger partial charge in [0.15, 0.2) is 6.00 Å². The van der Waals surface area contributed by atoms with Crippen molar-refractivity contribution in [1.29, 1.82) is 0 Å². The van der Waals surface area contributed by atoms with E-state index in [1.54, 1.807) is 0 Å². The van der Waals surface area contributed by atoms with Crippen LogP contribution in [0, 0.1) is 10.2 Å². The molecular formula is C3H10Cl2N2O4. The van der Waals surface area contributed by atoms with Crippen LogP contribution in [0.25, 0.3) is 0 Å². The molecular weight excluding hydrogens is 199 g/mol. The Labute approximate surface area is 71.7 Å². The molecule has 0 saturated carbocycles. The van der Waals surface area contributed by atoms with Gasteiger partial charge in [-0.05, 0) is 0 Å². The molecule has 0 bridgehead atoms. The van der Waals surface area contributed by atoms with Crippen LogP contribution in [0.2, 0.25) is 0 Å². The lowest BCUT2D eigenvalue weighted by Crippen LogP contribution is -2.68. The number of nitrogens with two attached hydrogens (primary N) is 1. The van der Waals surface area contributed by atoms with E-state index in [0.717, 1.165) is 0 Å². The number of alkyl halides is 1. The Morgan fingerprint density at radius 2 is 1.36 bits per heavy atom. The smallest absolute Gasteiger partial charge is 0.171 e. The fourth-order valence-corrected chi connectivity index (χ4v) is 0. The van der Waals surface area contributed by atoms with Crippen molar-refractivity contribution in [3.05, 3.63) is 0 Å². The molecule has 70 valence electrons. The standard InChI is InChI=1S/C3H10ClN2.ClHO4/c1-6(2,5)3-4;2-1(3,4)5/h3,5H2,1-2H3;(H,2,3,4,5)/q+1;/p-1. The summed E-state index contributed by atoms with van der Waals surface area (Å²) >= 11 is 5.32. The number of quaternary nitrogens is 1. The van der Waals surface area contributed by atoms with Gasteiger partial charge < -0.3 is 0 Å². The van der Waals surface area contributed by atoms with Crippen molar-refractivity contribution in [2.24, 2.45) is 5.84 Å². The lowest BCUT2D eigenvalue weighted by Gasteiger charge is -2.17. The van der Waals surface area contributed by atoms with Crippen LogP contribution < -0.4 is 24.5 Å². The maximum absolute atomic E-state index is 8.49. The summed E-state index contributed by atoms with van der Waals surface area (Å²) in [7, 11) is -1.29. The third-order valence-corrected chi connectivity index (χ3v) is 0.924. The largest absolute Gasteiger partial charge is 0.241 e. The van der Waals surface area contributed by atoms with Crippen LogP contribution in [0.4, 0.5) is 0 Å². The molecule has 0 aliphatic heterocycles. The van der Waals surface area contributed by atoms with E-state index in [4.69, 9.17) is 36.1 Å². The zero-order chi connectivity index (χ0) is 9.71. The zero-order valence-electron chi connectivity index (χ0n) is 6.12. The first-order chi connectivity index (χ1) is 4.56. The van der Waals surface area contributed by atoms with Crippen LogP contribution >= 0.6 is 11.6 Å². The van der Waals surface area contributed by atoms with Crippen molar-refractivity contribution in [1.82, 2.24) is 0 Å². The van der Waals surface area contributed by atoms with E-state index in [1.807, 2.05) is 14.1 Å². The molecule has 0 amide bonds. The summed E-state index contributed by atoms with van der Waals surface area (Å²) in [5.74, 6) is 5.34. The summed E-state index contributed by atoms with van der Waals surface area (Å²) < 4.78 is 34.3. The van der Waals surface area contributed by atoms with E-state index in [9.17, 15) is 0 Å². The number of nitrogens with zero attached hydrogens (tertiary/aromatic N) is 1. The normalized spacial score (nSPS) is 12.0. The van der Waals surface area contributed by atoms with Crippen LogP contribution in [-0.4, -0.2) is 24.7 Å². The van der Waals surface area contributed by atoms with Gasteiger partial charge in [-0.25, -0.2) is 23.2 Å². The molecule has 0 saturated heterocycles. The Balaban J connectivity index is 0. The zero-order valence-corrected chi connectivity index (χ0v) is 7.63. The summed E-state index contributed by atoms with van der Waals surface area (Å²) in [5.41, 5.74) is 0. The van der Waals surface area contributed by atoms with Gasteiger partial charge in [-0.2, -0.15) is 5.84 Å². The van der Waals surface area contributed by atoms with Gasteiger partial charge in [0.05, 0.1) is 14.1 Å². The molecule has 0 atom stereocenters. The fourth-order valence-electron chi connectivity index (χ4n) is 0. The minimum absolute atomic E-state index is 0.335. The highest BCUT2D eigenvalue weighted by Gasteiger charge is 2.01. The number of rotatable bonds is 1. The molecule has 0 spiro atoms. The SMILES string of the molecule is C[N+](C)(N)CCl.[O-][Cl+3]([O-])([O-])[O-]. The fraction of sp³-hybridized carbons (Fsp3) is 1.00. The molecule has 0 aromatic rings. The van der Waals surface area contributed by atoms with Gasteiger partial charge >= 0.3 is 0 Å². The molecule has 0 rings (SSSR count). The molecule has 8 heteroatoms. The highest BCUT2D eigenvalue weighted by Crippen LogP contribution is 1.84. The molecule has 0 fully saturated rings. The Bertz CT molecular complexity index is 92.5. The van der Waals surface area contributed by atoms with Crippen molar-refractivity contribution >= 4 is 11.6 Å². The van der Waals surface area contributed by atoms with Crippen molar-refractivity contribution in [2.75, 3.05) is 20.1 Å². The molecule has 2 N–H and O–H groups in total. The molecule has 0 unspecified atom stereocenters. The second-order valence-corrected chi connectivity index (χ2v) is 3.27. The van der Waals surface area contributed by atoms with Gasteiger partial charge in [0.1, 0.15) is 0 Å². The van der Waals surface area contributed by atoms with Crippen LogP contribution in [0.5, 0.6) is 0 Å². The molecule has 0 radical (unpaired) electrons. The predicted octanol–water partition coefficient (Wildman–Crippen LogP) is -4.62. The monoisotopic (exact) mass is 208 g/mol. The predicted molar refractivity (Wildman–Crippen MR) is 27.0 cm³/mol. The van der Waals surface area contributed by atoms with Gasteiger partial charge in [0, 0.05) is 0 Å². The highest BCUT2D eigenvalue weighted by atomic mass is 35.7. The molecule has 0 aromatic heterocycles. The van der Waals surface area contributed by atoms with Crippen molar-refractivity contribution in [2.45, 2.75) is 0 Å². The Hall–Kier alpha value is 0.340. The van der Waals surface area contributed by atoms with E-state index in [2.05, 4.69) is 0 Å². The number of hydrogen-bond donors (Lipinski definition) is 1. The summed E-state index contributed by atoms with van der Waals surface area (Å²) in [6.45, 7) is 0. The quantitative estimate of drug-likeness (QED) is 0.153. The van der Waals surface area contributed by atoms with Gasteiger partial charge in [-0.1, -0.05) is 11.6 Å². The third-order valence-electron chi connectivity index (χ3n) is 0.308. The summed E-state index contributed by atoms with van der Waals surface area (Å²) in [6.07, 6.45) is 0. The maximum Gasteiger partial charge on any atom is 0.171 e. The van der Waals surface area contributed by atoms with Crippen LogP contribution in [-0.2, 0) is 0 Å². The first-order valence-corrected chi connectivity index (χ1v) is 4.12. The van der Waals surface area contributed by atoms with E-state index in [0.29, 0.717) is 10.6 Å². The average Bonchev–Trinajstić information content (AvgIpc) is 1.59. The summed E-state index contributed by atoms with van der Waals surface area (Å²) in [6, 6.07) is 0.458.